The molecular formula is C16H17Cl3N4O. The maximum atomic E-state index is 12.2. The molecular weight excluding hydrogens is 371 g/mol. The number of carbonyl (C=O) groups excluding carboxylic acids is 1. The Balaban J connectivity index is 1.72. The summed E-state index contributed by atoms with van der Waals surface area (Å²) in [5.41, 5.74) is 9.47. The van der Waals surface area contributed by atoms with Gasteiger partial charge in [0.2, 0.25) is 0 Å². The normalized spacial score (nSPS) is 24.5. The molecule has 1 saturated carbocycles. The van der Waals surface area contributed by atoms with Gasteiger partial charge in [0, 0.05) is 0 Å². The maximum Gasteiger partial charge on any atom is 0.291 e. The van der Waals surface area contributed by atoms with Crippen molar-refractivity contribution < 1.29 is 4.79 Å². The number of carbonyl (C=O) groups is 1. The van der Waals surface area contributed by atoms with Crippen LogP contribution in [0.15, 0.2) is 16.8 Å². The number of pyridine rings is 1. The van der Waals surface area contributed by atoms with E-state index in [0.29, 0.717) is 11.3 Å². The molecule has 128 valence electrons. The van der Waals surface area contributed by atoms with Crippen LogP contribution in [0.5, 0.6) is 0 Å². The second kappa shape index (κ2) is 6.21. The Bertz CT molecular complexity index is 773. The number of halogens is 3. The van der Waals surface area contributed by atoms with E-state index in [9.17, 15) is 4.79 Å². The van der Waals surface area contributed by atoms with Crippen molar-refractivity contribution in [2.75, 3.05) is 5.73 Å². The molecule has 0 radical (unpaired) electrons. The molecule has 0 aliphatic heterocycles. The Labute approximate surface area is 155 Å². The lowest BCUT2D eigenvalue weighted by atomic mass is 9.49. The van der Waals surface area contributed by atoms with E-state index in [1.54, 1.807) is 6.21 Å². The number of nitrogens with zero attached hydrogens (tertiary/aromatic N) is 2. The van der Waals surface area contributed by atoms with Crippen molar-refractivity contribution in [3.05, 3.63) is 32.5 Å². The standard InChI is InChI=1S/C16H17Cl3N4O/c1-16(2)8-4-3-7(9(16)5-8)6-21-23-15(24)13-10(17)12(20)11(18)14(19)22-13/h3,6,8-9H,4-5H2,1-2H3,(H2,20,22)(H,23,24)/b21-6+/t8-,9-/m0/s1. The number of amides is 1. The first-order valence-electron chi connectivity index (χ1n) is 7.57. The zero-order valence-electron chi connectivity index (χ0n) is 13.2. The number of hydrazone groups is 1. The van der Waals surface area contributed by atoms with Gasteiger partial charge in [-0.2, -0.15) is 5.10 Å². The number of aromatic nitrogens is 1. The zero-order chi connectivity index (χ0) is 17.6. The SMILES string of the molecule is CC1(C)[C@H]2CC=C(/C=N/NC(=O)c3nc(Cl)c(Cl)c(N)c3Cl)[C@@H]1C2. The van der Waals surface area contributed by atoms with Crippen LogP contribution in [0.25, 0.3) is 0 Å². The fourth-order valence-electron chi connectivity index (χ4n) is 3.45. The highest BCUT2D eigenvalue weighted by Crippen LogP contribution is 2.58. The third-order valence-electron chi connectivity index (χ3n) is 5.18. The van der Waals surface area contributed by atoms with Crippen molar-refractivity contribution in [1.29, 1.82) is 0 Å². The summed E-state index contributed by atoms with van der Waals surface area (Å²) in [4.78, 5) is 16.1. The highest BCUT2D eigenvalue weighted by molar-refractivity contribution is 6.46. The summed E-state index contributed by atoms with van der Waals surface area (Å²) in [5, 5.41) is 3.93. The number of hydrogen-bond donors (Lipinski definition) is 2. The summed E-state index contributed by atoms with van der Waals surface area (Å²) in [5.74, 6) is 0.638. The minimum Gasteiger partial charge on any atom is -0.396 e. The summed E-state index contributed by atoms with van der Waals surface area (Å²) in [7, 11) is 0. The molecule has 1 fully saturated rings. The third kappa shape index (κ3) is 2.79. The summed E-state index contributed by atoms with van der Waals surface area (Å²) >= 11 is 17.7. The predicted molar refractivity (Wildman–Crippen MR) is 97.7 cm³/mol. The van der Waals surface area contributed by atoms with E-state index in [0.717, 1.165) is 17.9 Å². The number of fused-ring (bicyclic) bond motifs is 1. The first-order valence-corrected chi connectivity index (χ1v) is 8.70. The van der Waals surface area contributed by atoms with E-state index in [4.69, 9.17) is 40.5 Å². The average Bonchev–Trinajstić information content (AvgIpc) is 2.56. The van der Waals surface area contributed by atoms with Crippen LogP contribution < -0.4 is 11.2 Å². The van der Waals surface area contributed by atoms with Crippen LogP contribution in [0.4, 0.5) is 5.69 Å². The Morgan fingerprint density at radius 3 is 2.75 bits per heavy atom. The Kier molecular flexibility index (Phi) is 4.53. The zero-order valence-corrected chi connectivity index (χ0v) is 15.5. The van der Waals surface area contributed by atoms with Gasteiger partial charge in [0.05, 0.1) is 16.9 Å². The highest BCUT2D eigenvalue weighted by atomic mass is 35.5. The van der Waals surface area contributed by atoms with Crippen LogP contribution in [0.1, 0.15) is 37.2 Å². The van der Waals surface area contributed by atoms with Gasteiger partial charge >= 0.3 is 0 Å². The summed E-state index contributed by atoms with van der Waals surface area (Å²) in [6.07, 6.45) is 6.10. The van der Waals surface area contributed by atoms with Crippen LogP contribution >= 0.6 is 34.8 Å². The van der Waals surface area contributed by atoms with E-state index in [1.165, 1.54) is 6.42 Å². The van der Waals surface area contributed by atoms with Gasteiger partial charge in [0.1, 0.15) is 5.02 Å². The molecule has 2 atom stereocenters. The molecule has 1 amide bonds. The second-order valence-electron chi connectivity index (χ2n) is 6.74. The number of rotatable bonds is 3. The molecule has 5 nitrogen and oxygen atoms in total. The first-order chi connectivity index (χ1) is 11.2. The predicted octanol–water partition coefficient (Wildman–Crippen LogP) is 4.33. The lowest BCUT2D eigenvalue weighted by Crippen LogP contribution is -2.48. The van der Waals surface area contributed by atoms with E-state index < -0.39 is 5.91 Å². The van der Waals surface area contributed by atoms with Gasteiger partial charge in [0.25, 0.3) is 5.91 Å². The van der Waals surface area contributed by atoms with Gasteiger partial charge in [-0.15, -0.1) is 0 Å². The summed E-state index contributed by atoms with van der Waals surface area (Å²) in [6.45, 7) is 4.54. The molecule has 1 aromatic rings. The van der Waals surface area contributed by atoms with Crippen molar-refractivity contribution in [2.45, 2.75) is 26.7 Å². The van der Waals surface area contributed by atoms with Gasteiger partial charge in [0.15, 0.2) is 10.8 Å². The van der Waals surface area contributed by atoms with Crippen molar-refractivity contribution in [1.82, 2.24) is 10.4 Å². The van der Waals surface area contributed by atoms with Crippen molar-refractivity contribution >= 4 is 52.6 Å². The van der Waals surface area contributed by atoms with Gasteiger partial charge in [-0.25, -0.2) is 10.4 Å². The van der Waals surface area contributed by atoms with Crippen LogP contribution in [-0.2, 0) is 0 Å². The van der Waals surface area contributed by atoms with Gasteiger partial charge < -0.3 is 5.73 Å². The molecule has 0 saturated heterocycles. The molecule has 3 aliphatic rings. The fraction of sp³-hybridized carbons (Fsp3) is 0.438. The maximum absolute atomic E-state index is 12.2. The summed E-state index contributed by atoms with van der Waals surface area (Å²) < 4.78 is 0. The number of allylic oxidation sites excluding steroid dienone is 2. The molecule has 3 N–H and O–H groups in total. The molecule has 2 bridgehead atoms. The number of anilines is 1. The molecule has 3 aliphatic carbocycles. The van der Waals surface area contributed by atoms with Crippen molar-refractivity contribution in [3.8, 4) is 0 Å². The molecule has 0 unspecified atom stereocenters. The van der Waals surface area contributed by atoms with E-state index in [-0.39, 0.29) is 26.6 Å². The first kappa shape index (κ1) is 17.5. The summed E-state index contributed by atoms with van der Waals surface area (Å²) in [6, 6.07) is 0. The number of nitrogens with two attached hydrogens (primary N) is 1. The Morgan fingerprint density at radius 1 is 1.42 bits per heavy atom. The van der Waals surface area contributed by atoms with E-state index >= 15 is 0 Å². The number of nitrogens with one attached hydrogen (secondary N) is 1. The van der Waals surface area contributed by atoms with E-state index in [1.807, 2.05) is 0 Å². The molecule has 8 heteroatoms. The van der Waals surface area contributed by atoms with Crippen LogP contribution in [0, 0.1) is 17.3 Å². The van der Waals surface area contributed by atoms with Crippen molar-refractivity contribution in [2.24, 2.45) is 22.4 Å². The van der Waals surface area contributed by atoms with Crippen LogP contribution in [-0.4, -0.2) is 17.1 Å². The minimum absolute atomic E-state index is 0.0183. The smallest absolute Gasteiger partial charge is 0.291 e. The molecule has 1 aromatic heterocycles. The molecule has 24 heavy (non-hydrogen) atoms. The van der Waals surface area contributed by atoms with Gasteiger partial charge in [-0.3, -0.25) is 4.79 Å². The van der Waals surface area contributed by atoms with Crippen molar-refractivity contribution in [3.63, 3.8) is 0 Å². The highest BCUT2D eigenvalue weighted by Gasteiger charge is 2.50. The topological polar surface area (TPSA) is 80.4 Å². The quantitative estimate of drug-likeness (QED) is 0.460. The number of nitrogen functional groups attached to an aromatic ring is 1. The monoisotopic (exact) mass is 386 g/mol. The Hall–Kier alpha value is -1.30. The Morgan fingerprint density at radius 2 is 2.12 bits per heavy atom. The van der Waals surface area contributed by atoms with Crippen LogP contribution in [0.2, 0.25) is 15.2 Å². The van der Waals surface area contributed by atoms with E-state index in [2.05, 4.69) is 35.4 Å². The molecule has 0 spiro atoms. The average molecular weight is 388 g/mol. The van der Waals surface area contributed by atoms with Crippen LogP contribution in [0.3, 0.4) is 0 Å². The second-order valence-corrected chi connectivity index (χ2v) is 7.85. The largest absolute Gasteiger partial charge is 0.396 e. The van der Waals surface area contributed by atoms with Gasteiger partial charge in [-0.05, 0) is 35.7 Å². The van der Waals surface area contributed by atoms with Gasteiger partial charge in [-0.1, -0.05) is 54.7 Å². The molecule has 4 rings (SSSR count). The lowest BCUT2D eigenvalue weighted by Gasteiger charge is -2.55. The third-order valence-corrected chi connectivity index (χ3v) is 6.31. The fourth-order valence-corrected chi connectivity index (χ4v) is 4.04. The lowest BCUT2D eigenvalue weighted by molar-refractivity contribution is -0.00126. The molecule has 0 aromatic carbocycles. The minimum atomic E-state index is -0.594. The molecule has 1 heterocycles. The number of hydrogen-bond acceptors (Lipinski definition) is 4.